The van der Waals surface area contributed by atoms with E-state index in [2.05, 4.69) is 10.4 Å². The number of nitrogens with zero attached hydrogens (tertiary/aromatic N) is 3. The Hall–Kier alpha value is -2.83. The lowest BCUT2D eigenvalue weighted by atomic mass is 9.77. The summed E-state index contributed by atoms with van der Waals surface area (Å²) in [6, 6.07) is 5.53. The van der Waals surface area contributed by atoms with Crippen LogP contribution in [0.4, 0.5) is 5.69 Å². The van der Waals surface area contributed by atoms with Crippen molar-refractivity contribution < 1.29 is 14.3 Å². The van der Waals surface area contributed by atoms with Gasteiger partial charge < -0.3 is 15.0 Å². The Morgan fingerprint density at radius 3 is 2.72 bits per heavy atom. The van der Waals surface area contributed by atoms with Crippen LogP contribution in [0.25, 0.3) is 0 Å². The van der Waals surface area contributed by atoms with Crippen molar-refractivity contribution in [3.63, 3.8) is 0 Å². The molecule has 1 saturated heterocycles. The lowest BCUT2D eigenvalue weighted by molar-refractivity contribution is -0.130. The third-order valence-electron chi connectivity index (χ3n) is 6.37. The average molecular weight is 396 g/mol. The van der Waals surface area contributed by atoms with E-state index >= 15 is 0 Å². The van der Waals surface area contributed by atoms with Crippen molar-refractivity contribution in [2.45, 2.75) is 50.5 Å². The van der Waals surface area contributed by atoms with E-state index in [4.69, 9.17) is 4.74 Å². The minimum Gasteiger partial charge on any atom is -0.496 e. The largest absolute Gasteiger partial charge is 0.496 e. The van der Waals surface area contributed by atoms with E-state index in [0.717, 1.165) is 48.2 Å². The van der Waals surface area contributed by atoms with Crippen LogP contribution in [-0.2, 0) is 22.1 Å². The molecule has 29 heavy (non-hydrogen) atoms. The van der Waals surface area contributed by atoms with Gasteiger partial charge in [0.25, 0.3) is 0 Å². The first-order valence-electron chi connectivity index (χ1n) is 10.2. The van der Waals surface area contributed by atoms with Crippen LogP contribution in [0, 0.1) is 6.92 Å². The summed E-state index contributed by atoms with van der Waals surface area (Å²) < 4.78 is 7.16. The van der Waals surface area contributed by atoms with Crippen LogP contribution >= 0.6 is 0 Å². The van der Waals surface area contributed by atoms with Gasteiger partial charge in [-0.3, -0.25) is 14.3 Å². The Bertz CT molecular complexity index is 930. The number of hydrogen-bond donors (Lipinski definition) is 1. The zero-order valence-corrected chi connectivity index (χ0v) is 17.3. The Kier molecular flexibility index (Phi) is 5.06. The molecular weight excluding hydrogens is 368 g/mol. The molecule has 1 aliphatic heterocycles. The Labute approximate surface area is 171 Å². The molecule has 1 N–H and O–H groups in total. The van der Waals surface area contributed by atoms with Gasteiger partial charge in [-0.15, -0.1) is 0 Å². The van der Waals surface area contributed by atoms with Gasteiger partial charge in [0.05, 0.1) is 24.4 Å². The molecule has 0 bridgehead atoms. The van der Waals surface area contributed by atoms with Crippen molar-refractivity contribution in [2.75, 3.05) is 18.6 Å². The van der Waals surface area contributed by atoms with Gasteiger partial charge in [-0.2, -0.15) is 5.10 Å². The minimum absolute atomic E-state index is 0.0488. The van der Waals surface area contributed by atoms with E-state index in [0.29, 0.717) is 13.0 Å². The molecule has 2 heterocycles. The number of aromatic nitrogens is 2. The van der Waals surface area contributed by atoms with Crippen LogP contribution in [0.1, 0.15) is 43.2 Å². The SMILES string of the molecule is COc1cc(C2(C(=O)NC3CCN(c4cnn(C)c4)C3=O)CCCC2)ccc1C. The molecule has 154 valence electrons. The molecule has 2 aliphatic rings. The molecule has 1 aromatic heterocycles. The molecule has 1 aliphatic carbocycles. The maximum atomic E-state index is 13.5. The molecule has 1 aromatic carbocycles. The van der Waals surface area contributed by atoms with Gasteiger partial charge in [-0.05, 0) is 43.4 Å². The van der Waals surface area contributed by atoms with E-state index < -0.39 is 11.5 Å². The number of ether oxygens (including phenoxy) is 1. The second kappa shape index (κ2) is 7.54. The van der Waals surface area contributed by atoms with Crippen LogP contribution in [0.5, 0.6) is 5.75 Å². The number of carbonyl (C=O) groups excluding carboxylic acids is 2. The van der Waals surface area contributed by atoms with Gasteiger partial charge >= 0.3 is 0 Å². The highest BCUT2D eigenvalue weighted by Gasteiger charge is 2.45. The van der Waals surface area contributed by atoms with E-state index in [1.165, 1.54) is 0 Å². The molecule has 2 fully saturated rings. The summed E-state index contributed by atoms with van der Waals surface area (Å²) in [6.45, 7) is 2.58. The molecule has 1 saturated carbocycles. The van der Waals surface area contributed by atoms with Gasteiger partial charge in [0.15, 0.2) is 0 Å². The molecule has 7 nitrogen and oxygen atoms in total. The number of aryl methyl sites for hydroxylation is 2. The van der Waals surface area contributed by atoms with Crippen molar-refractivity contribution >= 4 is 17.5 Å². The topological polar surface area (TPSA) is 76.5 Å². The summed E-state index contributed by atoms with van der Waals surface area (Å²) in [7, 11) is 3.47. The first kappa shape index (κ1) is 19.5. The van der Waals surface area contributed by atoms with Crippen LogP contribution in [0.2, 0.25) is 0 Å². The highest BCUT2D eigenvalue weighted by Crippen LogP contribution is 2.43. The summed E-state index contributed by atoms with van der Waals surface area (Å²) in [5.74, 6) is 0.676. The lowest BCUT2D eigenvalue weighted by Crippen LogP contribution is -2.49. The third kappa shape index (κ3) is 3.39. The zero-order valence-electron chi connectivity index (χ0n) is 17.3. The molecular formula is C22H28N4O3. The smallest absolute Gasteiger partial charge is 0.249 e. The van der Waals surface area contributed by atoms with E-state index in [1.54, 1.807) is 22.9 Å². The van der Waals surface area contributed by atoms with Crippen LogP contribution < -0.4 is 15.0 Å². The third-order valence-corrected chi connectivity index (χ3v) is 6.37. The van der Waals surface area contributed by atoms with Crippen LogP contribution in [-0.4, -0.2) is 41.3 Å². The molecule has 2 amide bonds. The number of hydrogen-bond acceptors (Lipinski definition) is 4. The highest BCUT2D eigenvalue weighted by molar-refractivity contribution is 6.02. The summed E-state index contributed by atoms with van der Waals surface area (Å²) in [5.41, 5.74) is 2.20. The van der Waals surface area contributed by atoms with Crippen molar-refractivity contribution in [2.24, 2.45) is 7.05 Å². The second-order valence-electron chi connectivity index (χ2n) is 8.15. The van der Waals surface area contributed by atoms with Crippen molar-refractivity contribution in [3.05, 3.63) is 41.7 Å². The van der Waals surface area contributed by atoms with Crippen LogP contribution in [0.15, 0.2) is 30.6 Å². The number of anilines is 1. The van der Waals surface area contributed by atoms with Crippen molar-refractivity contribution in [3.8, 4) is 5.75 Å². The molecule has 7 heteroatoms. The lowest BCUT2D eigenvalue weighted by Gasteiger charge is -2.30. The highest BCUT2D eigenvalue weighted by atomic mass is 16.5. The monoisotopic (exact) mass is 396 g/mol. The average Bonchev–Trinajstić information content (AvgIpc) is 3.44. The predicted molar refractivity (Wildman–Crippen MR) is 110 cm³/mol. The fourth-order valence-corrected chi connectivity index (χ4v) is 4.66. The number of rotatable bonds is 5. The maximum absolute atomic E-state index is 13.5. The Morgan fingerprint density at radius 1 is 1.31 bits per heavy atom. The Morgan fingerprint density at radius 2 is 2.07 bits per heavy atom. The zero-order chi connectivity index (χ0) is 20.6. The normalized spacial score (nSPS) is 20.9. The summed E-state index contributed by atoms with van der Waals surface area (Å²) in [6.07, 6.45) is 7.69. The first-order valence-corrected chi connectivity index (χ1v) is 10.2. The van der Waals surface area contributed by atoms with Gasteiger partial charge in [-0.25, -0.2) is 0 Å². The number of methoxy groups -OCH3 is 1. The van der Waals surface area contributed by atoms with E-state index in [-0.39, 0.29) is 11.8 Å². The number of carbonyl (C=O) groups is 2. The number of amides is 2. The number of benzene rings is 1. The van der Waals surface area contributed by atoms with Gasteiger partial charge in [0.2, 0.25) is 11.8 Å². The van der Waals surface area contributed by atoms with Gasteiger partial charge in [-0.1, -0.05) is 25.0 Å². The molecule has 1 atom stereocenters. The predicted octanol–water partition coefficient (Wildman–Crippen LogP) is 2.47. The Balaban J connectivity index is 1.55. The van der Waals surface area contributed by atoms with Crippen molar-refractivity contribution in [1.29, 1.82) is 0 Å². The van der Waals surface area contributed by atoms with Gasteiger partial charge in [0, 0.05) is 19.8 Å². The number of nitrogens with one attached hydrogen (secondary N) is 1. The molecule has 4 rings (SSSR count). The van der Waals surface area contributed by atoms with E-state index in [9.17, 15) is 9.59 Å². The summed E-state index contributed by atoms with van der Waals surface area (Å²) >= 11 is 0. The first-order chi connectivity index (χ1) is 13.9. The van der Waals surface area contributed by atoms with Gasteiger partial charge in [0.1, 0.15) is 11.8 Å². The maximum Gasteiger partial charge on any atom is 0.249 e. The molecule has 1 unspecified atom stereocenters. The fourth-order valence-electron chi connectivity index (χ4n) is 4.66. The molecule has 2 aromatic rings. The minimum atomic E-state index is -0.594. The quantitative estimate of drug-likeness (QED) is 0.842. The molecule has 0 radical (unpaired) electrons. The fraction of sp³-hybridized carbons (Fsp3) is 0.500. The van der Waals surface area contributed by atoms with Crippen LogP contribution in [0.3, 0.4) is 0 Å². The van der Waals surface area contributed by atoms with Crippen molar-refractivity contribution in [1.82, 2.24) is 15.1 Å². The second-order valence-corrected chi connectivity index (χ2v) is 8.15. The molecule has 0 spiro atoms. The van der Waals surface area contributed by atoms with E-state index in [1.807, 2.05) is 38.4 Å². The summed E-state index contributed by atoms with van der Waals surface area (Å²) in [4.78, 5) is 28.1. The standard InChI is InChI=1S/C22H28N4O3/c1-15-6-7-16(12-19(15)29-3)22(9-4-5-10-22)21(28)24-18-8-11-26(20(18)27)17-13-23-25(2)14-17/h6-7,12-14,18H,4-5,8-11H2,1-3H3,(H,24,28). The summed E-state index contributed by atoms with van der Waals surface area (Å²) in [5, 5.41) is 7.21.